The van der Waals surface area contributed by atoms with E-state index in [9.17, 15) is 0 Å². The Morgan fingerprint density at radius 2 is 1.80 bits per heavy atom. The Labute approximate surface area is 151 Å². The van der Waals surface area contributed by atoms with Crippen LogP contribution in [0.3, 0.4) is 0 Å². The van der Waals surface area contributed by atoms with Gasteiger partial charge < -0.3 is 15.4 Å². The molecule has 0 spiro atoms. The molecule has 2 aliphatic rings. The smallest absolute Gasteiger partial charge is 0.191 e. The topological polar surface area (TPSA) is 48.9 Å². The van der Waals surface area contributed by atoms with Gasteiger partial charge >= 0.3 is 0 Å². The molecule has 1 heterocycles. The lowest BCUT2D eigenvalue weighted by Gasteiger charge is -2.35. The van der Waals surface area contributed by atoms with E-state index in [4.69, 9.17) is 4.74 Å². The van der Waals surface area contributed by atoms with Gasteiger partial charge in [0.15, 0.2) is 5.96 Å². The van der Waals surface area contributed by atoms with Crippen LogP contribution in [0, 0.1) is 5.92 Å². The molecule has 1 aliphatic heterocycles. The number of benzene rings is 1. The van der Waals surface area contributed by atoms with Crippen LogP contribution in [0.1, 0.15) is 38.3 Å². The second-order valence-electron chi connectivity index (χ2n) is 7.61. The fourth-order valence-corrected chi connectivity index (χ4v) is 3.61. The highest BCUT2D eigenvalue weighted by Gasteiger charge is 2.33. The molecule has 2 fully saturated rings. The van der Waals surface area contributed by atoms with Crippen LogP contribution in [0.4, 0.5) is 0 Å². The molecule has 0 amide bonds. The molecule has 3 rings (SSSR count). The van der Waals surface area contributed by atoms with Crippen LogP contribution in [-0.4, -0.2) is 49.2 Å². The number of nitrogens with zero attached hydrogens (tertiary/aromatic N) is 2. The van der Waals surface area contributed by atoms with E-state index in [2.05, 4.69) is 65.6 Å². The van der Waals surface area contributed by atoms with E-state index in [1.165, 1.54) is 17.5 Å². The Morgan fingerprint density at radius 3 is 2.40 bits per heavy atom. The van der Waals surface area contributed by atoms with Crippen LogP contribution in [0.25, 0.3) is 0 Å². The van der Waals surface area contributed by atoms with Crippen LogP contribution >= 0.6 is 0 Å². The number of hydrogen-bond acceptors (Lipinski definition) is 3. The number of hydrogen-bond donors (Lipinski definition) is 2. The van der Waals surface area contributed by atoms with Gasteiger partial charge in [-0.25, -0.2) is 0 Å². The number of guanidine groups is 1. The highest BCUT2D eigenvalue weighted by Crippen LogP contribution is 2.28. The van der Waals surface area contributed by atoms with E-state index >= 15 is 0 Å². The molecule has 4 atom stereocenters. The van der Waals surface area contributed by atoms with E-state index in [0.717, 1.165) is 38.1 Å². The zero-order valence-corrected chi connectivity index (χ0v) is 16.0. The van der Waals surface area contributed by atoms with Crippen LogP contribution in [-0.2, 0) is 17.8 Å². The lowest BCUT2D eigenvalue weighted by Crippen LogP contribution is -2.45. The lowest BCUT2D eigenvalue weighted by molar-refractivity contribution is -0.0705. The summed E-state index contributed by atoms with van der Waals surface area (Å²) in [6, 6.07) is 9.27. The summed E-state index contributed by atoms with van der Waals surface area (Å²) in [6.45, 7) is 10.3. The van der Waals surface area contributed by atoms with Crippen molar-refractivity contribution in [3.8, 4) is 0 Å². The summed E-state index contributed by atoms with van der Waals surface area (Å²) in [4.78, 5) is 6.85. The van der Waals surface area contributed by atoms with Crippen LogP contribution in [0.2, 0.25) is 0 Å². The molecule has 25 heavy (non-hydrogen) atoms. The number of nitrogens with one attached hydrogen (secondary N) is 2. The molecule has 1 saturated carbocycles. The van der Waals surface area contributed by atoms with Crippen molar-refractivity contribution in [3.63, 3.8) is 0 Å². The van der Waals surface area contributed by atoms with Crippen molar-refractivity contribution in [2.24, 2.45) is 10.9 Å². The molecule has 5 nitrogen and oxygen atoms in total. The fraction of sp³-hybridized carbons (Fsp3) is 0.650. The molecular formula is C20H32N4O. The molecule has 1 aromatic rings. The Kier molecular flexibility index (Phi) is 5.97. The molecule has 0 bridgehead atoms. The molecule has 5 heteroatoms. The summed E-state index contributed by atoms with van der Waals surface area (Å²) in [7, 11) is 1.84. The van der Waals surface area contributed by atoms with E-state index in [-0.39, 0.29) is 0 Å². The predicted octanol–water partition coefficient (Wildman–Crippen LogP) is 2.37. The zero-order chi connectivity index (χ0) is 17.8. The molecular weight excluding hydrogens is 312 g/mol. The zero-order valence-electron chi connectivity index (χ0n) is 16.0. The van der Waals surface area contributed by atoms with E-state index < -0.39 is 0 Å². The van der Waals surface area contributed by atoms with Crippen molar-refractivity contribution in [2.45, 2.75) is 58.5 Å². The Bertz CT molecular complexity index is 593. The number of aliphatic imine (C=N–C) groups is 1. The Balaban J connectivity index is 1.58. The SMILES string of the molecule is CN=C(NCc1ccccc1CN1CC(C)OC(C)C1)NC1CC1C. The van der Waals surface area contributed by atoms with Gasteiger partial charge in [-0.1, -0.05) is 31.2 Å². The summed E-state index contributed by atoms with van der Waals surface area (Å²) in [5.74, 6) is 1.66. The van der Waals surface area contributed by atoms with Gasteiger partial charge in [-0.3, -0.25) is 9.89 Å². The minimum atomic E-state index is 0.303. The Hall–Kier alpha value is -1.59. The first kappa shape index (κ1) is 18.2. The standard InChI is InChI=1S/C20H32N4O/c1-14-9-19(14)23-20(21-4)22-10-17-7-5-6-8-18(17)13-24-11-15(2)25-16(3)12-24/h5-8,14-16,19H,9-13H2,1-4H3,(H2,21,22,23). The number of rotatable bonds is 5. The summed E-state index contributed by atoms with van der Waals surface area (Å²) < 4.78 is 5.85. The van der Waals surface area contributed by atoms with E-state index in [0.29, 0.717) is 18.2 Å². The van der Waals surface area contributed by atoms with E-state index in [1.807, 2.05) is 7.05 Å². The average molecular weight is 345 g/mol. The van der Waals surface area contributed by atoms with Gasteiger partial charge in [0, 0.05) is 39.3 Å². The molecule has 1 aliphatic carbocycles. The first-order chi connectivity index (χ1) is 12.0. The van der Waals surface area contributed by atoms with Crippen LogP contribution in [0.5, 0.6) is 0 Å². The average Bonchev–Trinajstić information content (AvgIpc) is 3.26. The maximum atomic E-state index is 5.85. The van der Waals surface area contributed by atoms with Gasteiger partial charge in [-0.15, -0.1) is 0 Å². The third kappa shape index (κ3) is 5.19. The highest BCUT2D eigenvalue weighted by atomic mass is 16.5. The van der Waals surface area contributed by atoms with E-state index in [1.54, 1.807) is 0 Å². The molecule has 1 saturated heterocycles. The van der Waals surface area contributed by atoms with Crippen molar-refractivity contribution in [3.05, 3.63) is 35.4 Å². The summed E-state index contributed by atoms with van der Waals surface area (Å²) in [5, 5.41) is 6.95. The lowest BCUT2D eigenvalue weighted by atomic mass is 10.1. The van der Waals surface area contributed by atoms with Crippen molar-refractivity contribution >= 4 is 5.96 Å². The van der Waals surface area contributed by atoms with Gasteiger partial charge in [-0.05, 0) is 37.3 Å². The van der Waals surface area contributed by atoms with Crippen LogP contribution < -0.4 is 10.6 Å². The minimum absolute atomic E-state index is 0.303. The third-order valence-corrected chi connectivity index (χ3v) is 5.11. The molecule has 0 aromatic heterocycles. The summed E-state index contributed by atoms with van der Waals surface area (Å²) in [6.07, 6.45) is 1.85. The predicted molar refractivity (Wildman–Crippen MR) is 103 cm³/mol. The first-order valence-corrected chi connectivity index (χ1v) is 9.47. The summed E-state index contributed by atoms with van der Waals surface area (Å²) >= 11 is 0. The molecule has 2 N–H and O–H groups in total. The van der Waals surface area contributed by atoms with Gasteiger partial charge in [0.05, 0.1) is 12.2 Å². The normalized spacial score (nSPS) is 30.2. The highest BCUT2D eigenvalue weighted by molar-refractivity contribution is 5.80. The second-order valence-corrected chi connectivity index (χ2v) is 7.61. The van der Waals surface area contributed by atoms with Gasteiger partial charge in [0.1, 0.15) is 0 Å². The molecule has 1 aromatic carbocycles. The monoisotopic (exact) mass is 344 g/mol. The van der Waals surface area contributed by atoms with Crippen molar-refractivity contribution < 1.29 is 4.74 Å². The van der Waals surface area contributed by atoms with Crippen molar-refractivity contribution in [1.82, 2.24) is 15.5 Å². The molecule has 138 valence electrons. The third-order valence-electron chi connectivity index (χ3n) is 5.11. The van der Waals surface area contributed by atoms with Gasteiger partial charge in [0.25, 0.3) is 0 Å². The molecule has 0 radical (unpaired) electrons. The number of ether oxygens (including phenoxy) is 1. The minimum Gasteiger partial charge on any atom is -0.373 e. The van der Waals surface area contributed by atoms with Crippen molar-refractivity contribution in [1.29, 1.82) is 0 Å². The first-order valence-electron chi connectivity index (χ1n) is 9.47. The van der Waals surface area contributed by atoms with Crippen LogP contribution in [0.15, 0.2) is 29.3 Å². The summed E-state index contributed by atoms with van der Waals surface area (Å²) in [5.41, 5.74) is 2.72. The Morgan fingerprint density at radius 1 is 1.16 bits per heavy atom. The van der Waals surface area contributed by atoms with Gasteiger partial charge in [-0.2, -0.15) is 0 Å². The quantitative estimate of drug-likeness (QED) is 0.636. The second kappa shape index (κ2) is 8.19. The number of morpholine rings is 1. The van der Waals surface area contributed by atoms with Crippen molar-refractivity contribution in [2.75, 3.05) is 20.1 Å². The van der Waals surface area contributed by atoms with Gasteiger partial charge in [0.2, 0.25) is 0 Å². The fourth-order valence-electron chi connectivity index (χ4n) is 3.61. The maximum Gasteiger partial charge on any atom is 0.191 e. The largest absolute Gasteiger partial charge is 0.373 e. The molecule has 4 unspecified atom stereocenters. The maximum absolute atomic E-state index is 5.85.